The Morgan fingerprint density at radius 1 is 1.24 bits per heavy atom. The maximum absolute atomic E-state index is 12.1. The molecule has 0 fully saturated rings. The smallest absolute Gasteiger partial charge is 0.288 e. The second kappa shape index (κ2) is 8.53. The number of halogens is 1. The van der Waals surface area contributed by atoms with Crippen LogP contribution in [0, 0.1) is 10.1 Å². The van der Waals surface area contributed by atoms with Crippen LogP contribution in [0.4, 0.5) is 5.69 Å². The molecule has 0 spiro atoms. The molecule has 0 radical (unpaired) electrons. The largest absolute Gasteiger partial charge is 0.331 e. The van der Waals surface area contributed by atoms with Crippen molar-refractivity contribution >= 4 is 46.2 Å². The summed E-state index contributed by atoms with van der Waals surface area (Å²) in [5.41, 5.74) is 6.40. The third kappa shape index (κ3) is 4.77. The van der Waals surface area contributed by atoms with E-state index in [-0.39, 0.29) is 17.1 Å². The van der Waals surface area contributed by atoms with Crippen LogP contribution in [0.5, 0.6) is 0 Å². The summed E-state index contributed by atoms with van der Waals surface area (Å²) in [6.07, 6.45) is 2.50. The number of hydrogen-bond donors (Lipinski definition) is 2. The van der Waals surface area contributed by atoms with Crippen molar-refractivity contribution in [1.29, 1.82) is 0 Å². The highest BCUT2D eigenvalue weighted by molar-refractivity contribution is 6.32. The van der Waals surface area contributed by atoms with Crippen molar-refractivity contribution in [2.75, 3.05) is 0 Å². The number of amides is 2. The number of hydrazine groups is 1. The monoisotopic (exact) mass is 413 g/mol. The number of nitrogens with one attached hydrogen (secondary N) is 2. The number of fused-ring (bicyclic) bond motifs is 1. The Bertz CT molecular complexity index is 1140. The summed E-state index contributed by atoms with van der Waals surface area (Å²) in [7, 11) is 1.81. The molecular weight excluding hydrogens is 398 g/mol. The van der Waals surface area contributed by atoms with Crippen molar-refractivity contribution in [3.05, 3.63) is 75.1 Å². The molecule has 1 heterocycles. The van der Waals surface area contributed by atoms with Gasteiger partial charge in [0.1, 0.15) is 10.8 Å². The Labute approximate surface area is 170 Å². The van der Waals surface area contributed by atoms with Gasteiger partial charge in [0.15, 0.2) is 0 Å². The minimum atomic E-state index is -0.610. The number of nitro groups is 1. The fraction of sp³-hybridized carbons (Fsp3) is 0.105. The third-order valence-electron chi connectivity index (χ3n) is 4.12. The lowest BCUT2D eigenvalue weighted by molar-refractivity contribution is -0.384. The van der Waals surface area contributed by atoms with Crippen molar-refractivity contribution in [3.8, 4) is 0 Å². The van der Waals surface area contributed by atoms with Crippen LogP contribution in [-0.4, -0.2) is 26.3 Å². The molecule has 3 aromatic rings. The number of carbonyl (C=O) groups excluding carboxylic acids is 2. The van der Waals surface area contributed by atoms with Crippen LogP contribution in [0.2, 0.25) is 5.02 Å². The predicted octanol–water partition coefficient (Wildman–Crippen LogP) is 2.54. The summed E-state index contributed by atoms with van der Waals surface area (Å²) < 4.78 is 1.81. The summed E-state index contributed by atoms with van der Waals surface area (Å²) in [4.78, 5) is 38.6. The molecule has 0 atom stereocenters. The first-order chi connectivity index (χ1) is 13.8. The van der Waals surface area contributed by atoms with Gasteiger partial charge in [0, 0.05) is 19.2 Å². The third-order valence-corrected chi connectivity index (χ3v) is 4.44. The van der Waals surface area contributed by atoms with Crippen LogP contribution in [0.3, 0.4) is 0 Å². The number of nitro benzene ring substituents is 1. The van der Waals surface area contributed by atoms with E-state index < -0.39 is 16.7 Å². The van der Waals surface area contributed by atoms with Gasteiger partial charge in [-0.3, -0.25) is 30.6 Å². The van der Waals surface area contributed by atoms with E-state index in [2.05, 4.69) is 15.8 Å². The minimum absolute atomic E-state index is 0.00538. The molecule has 0 aliphatic heterocycles. The fourth-order valence-corrected chi connectivity index (χ4v) is 2.85. The van der Waals surface area contributed by atoms with Gasteiger partial charge >= 0.3 is 0 Å². The molecule has 1 aromatic heterocycles. The molecule has 0 unspecified atom stereocenters. The molecule has 10 heteroatoms. The number of nitrogens with zero attached hydrogens (tertiary/aromatic N) is 3. The van der Waals surface area contributed by atoms with E-state index in [1.165, 1.54) is 24.3 Å². The molecule has 148 valence electrons. The van der Waals surface area contributed by atoms with Crippen molar-refractivity contribution in [2.24, 2.45) is 7.05 Å². The van der Waals surface area contributed by atoms with Crippen LogP contribution < -0.4 is 10.9 Å². The summed E-state index contributed by atoms with van der Waals surface area (Å²) in [6.45, 7) is 0. The van der Waals surface area contributed by atoms with Crippen molar-refractivity contribution in [3.63, 3.8) is 0 Å². The molecule has 29 heavy (non-hydrogen) atoms. The van der Waals surface area contributed by atoms with Gasteiger partial charge in [-0.2, -0.15) is 0 Å². The standard InChI is InChI=1S/C19H16ClN5O4/c1-24-15-5-3-2-4-14(15)21-17(24)11-19(27)23-22-18(26)9-7-12-6-8-13(20)16(10-12)25(28)29/h2-10H,11H2,1H3,(H,22,26)(H,23,27)/b9-7+. The lowest BCUT2D eigenvalue weighted by atomic mass is 10.2. The lowest BCUT2D eigenvalue weighted by Crippen LogP contribution is -2.41. The molecular formula is C19H16ClN5O4. The van der Waals surface area contributed by atoms with Crippen molar-refractivity contribution in [1.82, 2.24) is 20.4 Å². The summed E-state index contributed by atoms with van der Waals surface area (Å²) in [5, 5.41) is 10.9. The molecule has 0 saturated carbocycles. The van der Waals surface area contributed by atoms with Gasteiger partial charge in [0.05, 0.1) is 22.4 Å². The molecule has 0 aliphatic carbocycles. The fourth-order valence-electron chi connectivity index (χ4n) is 2.66. The van der Waals surface area contributed by atoms with E-state index in [4.69, 9.17) is 11.6 Å². The first-order valence-electron chi connectivity index (χ1n) is 8.46. The number of carbonyl (C=O) groups is 2. The summed E-state index contributed by atoms with van der Waals surface area (Å²) in [6, 6.07) is 11.6. The van der Waals surface area contributed by atoms with Gasteiger partial charge < -0.3 is 4.57 Å². The lowest BCUT2D eigenvalue weighted by Gasteiger charge is -2.05. The van der Waals surface area contributed by atoms with E-state index in [0.29, 0.717) is 11.4 Å². The Kier molecular flexibility index (Phi) is 5.89. The number of aryl methyl sites for hydroxylation is 1. The Hall–Kier alpha value is -3.72. The zero-order valence-corrected chi connectivity index (χ0v) is 16.0. The molecule has 3 rings (SSSR count). The van der Waals surface area contributed by atoms with Gasteiger partial charge in [0.2, 0.25) is 5.91 Å². The first kappa shape index (κ1) is 20.0. The van der Waals surface area contributed by atoms with Crippen LogP contribution >= 0.6 is 11.6 Å². The zero-order chi connectivity index (χ0) is 21.0. The molecule has 2 amide bonds. The topological polar surface area (TPSA) is 119 Å². The Morgan fingerprint density at radius 3 is 2.72 bits per heavy atom. The molecule has 0 saturated heterocycles. The SMILES string of the molecule is Cn1c(CC(=O)NNC(=O)/C=C/c2ccc(Cl)c([N+](=O)[O-])c2)nc2ccccc21. The molecule has 9 nitrogen and oxygen atoms in total. The average Bonchev–Trinajstić information content (AvgIpc) is 3.01. The maximum atomic E-state index is 12.1. The van der Waals surface area contributed by atoms with Crippen LogP contribution in [-0.2, 0) is 23.1 Å². The number of benzene rings is 2. The van der Waals surface area contributed by atoms with E-state index in [9.17, 15) is 19.7 Å². The van der Waals surface area contributed by atoms with Gasteiger partial charge in [-0.1, -0.05) is 29.8 Å². The number of rotatable bonds is 5. The van der Waals surface area contributed by atoms with Gasteiger partial charge in [-0.15, -0.1) is 0 Å². The minimum Gasteiger partial charge on any atom is -0.331 e. The molecule has 2 aromatic carbocycles. The number of aromatic nitrogens is 2. The molecule has 2 N–H and O–H groups in total. The van der Waals surface area contributed by atoms with E-state index >= 15 is 0 Å². The summed E-state index contributed by atoms with van der Waals surface area (Å²) in [5.74, 6) is -0.477. The Morgan fingerprint density at radius 2 is 2.00 bits per heavy atom. The van der Waals surface area contributed by atoms with Crippen molar-refractivity contribution < 1.29 is 14.5 Å². The first-order valence-corrected chi connectivity index (χ1v) is 8.84. The van der Waals surface area contributed by atoms with Crippen LogP contribution in [0.1, 0.15) is 11.4 Å². The second-order valence-electron chi connectivity index (χ2n) is 6.09. The van der Waals surface area contributed by atoms with Gasteiger partial charge in [-0.25, -0.2) is 4.98 Å². The van der Waals surface area contributed by atoms with E-state index in [1.807, 2.05) is 35.9 Å². The van der Waals surface area contributed by atoms with Gasteiger partial charge in [0.25, 0.3) is 11.6 Å². The van der Waals surface area contributed by atoms with Gasteiger partial charge in [-0.05, 0) is 29.8 Å². The Balaban J connectivity index is 1.57. The van der Waals surface area contributed by atoms with E-state index in [1.54, 1.807) is 0 Å². The van der Waals surface area contributed by atoms with Crippen molar-refractivity contribution in [2.45, 2.75) is 6.42 Å². The highest BCUT2D eigenvalue weighted by Gasteiger charge is 2.13. The van der Waals surface area contributed by atoms with Crippen LogP contribution in [0.25, 0.3) is 17.1 Å². The molecule has 0 aliphatic rings. The zero-order valence-electron chi connectivity index (χ0n) is 15.3. The highest BCUT2D eigenvalue weighted by Crippen LogP contribution is 2.25. The quantitative estimate of drug-likeness (QED) is 0.378. The van der Waals surface area contributed by atoms with E-state index in [0.717, 1.165) is 17.1 Å². The second-order valence-corrected chi connectivity index (χ2v) is 6.50. The number of para-hydroxylation sites is 2. The molecule has 0 bridgehead atoms. The highest BCUT2D eigenvalue weighted by atomic mass is 35.5. The average molecular weight is 414 g/mol. The summed E-state index contributed by atoms with van der Waals surface area (Å²) >= 11 is 5.74. The normalized spacial score (nSPS) is 11.0. The number of hydrogen-bond acceptors (Lipinski definition) is 5. The van der Waals surface area contributed by atoms with Crippen LogP contribution in [0.15, 0.2) is 48.5 Å². The maximum Gasteiger partial charge on any atom is 0.288 e. The number of imidazole rings is 1. The predicted molar refractivity (Wildman–Crippen MR) is 108 cm³/mol.